The van der Waals surface area contributed by atoms with Crippen LogP contribution in [0.5, 0.6) is 0 Å². The minimum absolute atomic E-state index is 0.0301. The number of nitrogens with zero attached hydrogens (tertiary/aromatic N) is 3. The van der Waals surface area contributed by atoms with Crippen molar-refractivity contribution >= 4 is 17.0 Å². The Bertz CT molecular complexity index is 971. The van der Waals surface area contributed by atoms with E-state index < -0.39 is 0 Å². The van der Waals surface area contributed by atoms with Gasteiger partial charge in [-0.15, -0.1) is 0 Å². The molecule has 3 aromatic rings. The van der Waals surface area contributed by atoms with Crippen LogP contribution in [-0.4, -0.2) is 26.7 Å². The molecule has 1 aromatic carbocycles. The molecule has 0 atom stereocenters. The summed E-state index contributed by atoms with van der Waals surface area (Å²) in [7, 11) is 0. The summed E-state index contributed by atoms with van der Waals surface area (Å²) in [5.74, 6) is -0.0301. The Morgan fingerprint density at radius 3 is 2.77 bits per heavy atom. The van der Waals surface area contributed by atoms with Gasteiger partial charge in [0.25, 0.3) is 11.3 Å². The summed E-state index contributed by atoms with van der Waals surface area (Å²) >= 11 is 0. The Labute approximate surface area is 150 Å². The molecular weight excluding hydrogens is 332 g/mol. The van der Waals surface area contributed by atoms with Crippen LogP contribution in [0.15, 0.2) is 46.0 Å². The predicted molar refractivity (Wildman–Crippen MR) is 96.5 cm³/mol. The first-order valence-corrected chi connectivity index (χ1v) is 8.92. The molecule has 1 N–H and O–H groups in total. The van der Waals surface area contributed by atoms with Crippen molar-refractivity contribution in [1.82, 2.24) is 20.0 Å². The molecule has 2 heterocycles. The molecule has 1 fully saturated rings. The molecular formula is C19H20N4O3. The van der Waals surface area contributed by atoms with Gasteiger partial charge in [-0.3, -0.25) is 14.2 Å². The third-order valence-corrected chi connectivity index (χ3v) is 4.81. The SMILES string of the molecule is O=C(CCn1cnc2onc(-c3ccccc3)c2c1=O)NC1CCCC1. The average Bonchev–Trinajstić information content (AvgIpc) is 3.32. The van der Waals surface area contributed by atoms with Crippen molar-refractivity contribution < 1.29 is 9.32 Å². The first kappa shape index (κ1) is 16.5. The molecule has 0 bridgehead atoms. The number of nitrogens with one attached hydrogen (secondary N) is 1. The maximum absolute atomic E-state index is 12.8. The zero-order chi connectivity index (χ0) is 17.9. The number of carbonyl (C=O) groups excluding carboxylic acids is 1. The minimum Gasteiger partial charge on any atom is -0.353 e. The van der Waals surface area contributed by atoms with Crippen LogP contribution in [0, 0.1) is 0 Å². The van der Waals surface area contributed by atoms with Gasteiger partial charge in [-0.25, -0.2) is 4.98 Å². The zero-order valence-corrected chi connectivity index (χ0v) is 14.4. The monoisotopic (exact) mass is 352 g/mol. The van der Waals surface area contributed by atoms with Gasteiger partial charge in [0.1, 0.15) is 17.4 Å². The van der Waals surface area contributed by atoms with Crippen LogP contribution < -0.4 is 10.9 Å². The van der Waals surface area contributed by atoms with Crippen molar-refractivity contribution in [3.63, 3.8) is 0 Å². The number of carbonyl (C=O) groups is 1. The van der Waals surface area contributed by atoms with E-state index in [0.29, 0.717) is 11.1 Å². The van der Waals surface area contributed by atoms with Crippen molar-refractivity contribution in [2.45, 2.75) is 44.7 Å². The van der Waals surface area contributed by atoms with Crippen molar-refractivity contribution in [1.29, 1.82) is 0 Å². The Morgan fingerprint density at radius 1 is 1.23 bits per heavy atom. The molecule has 26 heavy (non-hydrogen) atoms. The summed E-state index contributed by atoms with van der Waals surface area (Å²) in [6.45, 7) is 0.278. The molecule has 0 saturated heterocycles. The normalized spacial score (nSPS) is 14.8. The van der Waals surface area contributed by atoms with Crippen molar-refractivity contribution in [2.24, 2.45) is 0 Å². The van der Waals surface area contributed by atoms with E-state index in [1.807, 2.05) is 30.3 Å². The van der Waals surface area contributed by atoms with E-state index in [4.69, 9.17) is 4.52 Å². The molecule has 0 unspecified atom stereocenters. The van der Waals surface area contributed by atoms with E-state index in [-0.39, 0.29) is 36.2 Å². The van der Waals surface area contributed by atoms with Gasteiger partial charge >= 0.3 is 0 Å². The van der Waals surface area contributed by atoms with E-state index in [0.717, 1.165) is 18.4 Å². The number of fused-ring (bicyclic) bond motifs is 1. The van der Waals surface area contributed by atoms with Crippen LogP contribution in [0.3, 0.4) is 0 Å². The van der Waals surface area contributed by atoms with Crippen LogP contribution in [-0.2, 0) is 11.3 Å². The summed E-state index contributed by atoms with van der Waals surface area (Å²) in [6.07, 6.45) is 6.07. The third-order valence-electron chi connectivity index (χ3n) is 4.81. The average molecular weight is 352 g/mol. The maximum atomic E-state index is 12.8. The lowest BCUT2D eigenvalue weighted by atomic mass is 10.1. The van der Waals surface area contributed by atoms with Crippen LogP contribution in [0.2, 0.25) is 0 Å². The minimum atomic E-state index is -0.247. The lowest BCUT2D eigenvalue weighted by molar-refractivity contribution is -0.122. The maximum Gasteiger partial charge on any atom is 0.266 e. The van der Waals surface area contributed by atoms with Crippen LogP contribution in [0.1, 0.15) is 32.1 Å². The molecule has 1 saturated carbocycles. The molecule has 1 amide bonds. The second-order valence-corrected chi connectivity index (χ2v) is 6.62. The molecule has 7 heteroatoms. The van der Waals surface area contributed by atoms with Gasteiger partial charge in [0, 0.05) is 24.6 Å². The fourth-order valence-electron chi connectivity index (χ4n) is 3.42. The lowest BCUT2D eigenvalue weighted by Gasteiger charge is -2.12. The van der Waals surface area contributed by atoms with Gasteiger partial charge in [0.15, 0.2) is 0 Å². The number of aromatic nitrogens is 3. The number of hydrogen-bond donors (Lipinski definition) is 1. The van der Waals surface area contributed by atoms with E-state index in [1.165, 1.54) is 23.7 Å². The Hall–Kier alpha value is -2.96. The molecule has 7 nitrogen and oxygen atoms in total. The van der Waals surface area contributed by atoms with Gasteiger partial charge in [-0.1, -0.05) is 48.3 Å². The van der Waals surface area contributed by atoms with Crippen molar-refractivity contribution in [3.05, 3.63) is 47.0 Å². The Morgan fingerprint density at radius 2 is 2.00 bits per heavy atom. The van der Waals surface area contributed by atoms with Crippen LogP contribution in [0.4, 0.5) is 0 Å². The third kappa shape index (κ3) is 3.24. The molecule has 0 spiro atoms. The van der Waals surface area contributed by atoms with Crippen LogP contribution >= 0.6 is 0 Å². The molecule has 0 radical (unpaired) electrons. The fourth-order valence-corrected chi connectivity index (χ4v) is 3.42. The molecule has 134 valence electrons. The summed E-state index contributed by atoms with van der Waals surface area (Å²) in [4.78, 5) is 29.1. The highest BCUT2D eigenvalue weighted by molar-refractivity contribution is 5.88. The standard InChI is InChI=1S/C19H20N4O3/c24-15(21-14-8-4-5-9-14)10-11-23-12-20-18-16(19(23)25)17(22-26-18)13-6-2-1-3-7-13/h1-3,6-7,12,14H,4-5,8-11H2,(H,21,24). The Balaban J connectivity index is 1.55. The first-order chi connectivity index (χ1) is 12.7. The number of hydrogen-bond acceptors (Lipinski definition) is 5. The van der Waals surface area contributed by atoms with E-state index in [2.05, 4.69) is 15.5 Å². The number of aryl methyl sites for hydroxylation is 1. The van der Waals surface area contributed by atoms with Gasteiger partial charge in [-0.2, -0.15) is 0 Å². The first-order valence-electron chi connectivity index (χ1n) is 8.92. The van der Waals surface area contributed by atoms with Crippen molar-refractivity contribution in [3.8, 4) is 11.3 Å². The number of amides is 1. The van der Waals surface area contributed by atoms with Gasteiger partial charge in [0.2, 0.25) is 5.91 Å². The molecule has 2 aromatic heterocycles. The highest BCUT2D eigenvalue weighted by Crippen LogP contribution is 2.23. The second-order valence-electron chi connectivity index (χ2n) is 6.62. The van der Waals surface area contributed by atoms with E-state index in [9.17, 15) is 9.59 Å². The van der Waals surface area contributed by atoms with Crippen LogP contribution in [0.25, 0.3) is 22.4 Å². The van der Waals surface area contributed by atoms with E-state index in [1.54, 1.807) is 0 Å². The number of benzene rings is 1. The molecule has 4 rings (SSSR count). The zero-order valence-electron chi connectivity index (χ0n) is 14.4. The molecule has 1 aliphatic rings. The fraction of sp³-hybridized carbons (Fsp3) is 0.368. The van der Waals surface area contributed by atoms with Gasteiger partial charge < -0.3 is 9.84 Å². The summed E-state index contributed by atoms with van der Waals surface area (Å²) in [5.41, 5.74) is 1.23. The molecule has 0 aliphatic heterocycles. The quantitative estimate of drug-likeness (QED) is 0.762. The number of rotatable bonds is 5. The predicted octanol–water partition coefficient (Wildman–Crippen LogP) is 2.50. The van der Waals surface area contributed by atoms with Crippen molar-refractivity contribution in [2.75, 3.05) is 0 Å². The second kappa shape index (κ2) is 7.11. The summed E-state index contributed by atoms with van der Waals surface area (Å²) < 4.78 is 6.64. The largest absolute Gasteiger partial charge is 0.353 e. The smallest absolute Gasteiger partial charge is 0.266 e. The molecule has 1 aliphatic carbocycles. The van der Waals surface area contributed by atoms with Gasteiger partial charge in [-0.05, 0) is 12.8 Å². The topological polar surface area (TPSA) is 90.0 Å². The lowest BCUT2D eigenvalue weighted by Crippen LogP contribution is -2.34. The summed E-state index contributed by atoms with van der Waals surface area (Å²) in [5, 5.41) is 7.38. The highest BCUT2D eigenvalue weighted by Gasteiger charge is 2.19. The summed E-state index contributed by atoms with van der Waals surface area (Å²) in [6, 6.07) is 9.65. The highest BCUT2D eigenvalue weighted by atomic mass is 16.5. The van der Waals surface area contributed by atoms with Gasteiger partial charge in [0.05, 0.1) is 0 Å². The van der Waals surface area contributed by atoms with E-state index >= 15 is 0 Å². The Kier molecular flexibility index (Phi) is 4.51.